The monoisotopic (exact) mass is 518 g/mol. The SMILES string of the molecule is COCCC(=O)N(C1CCCCC1)C1C=C(C(=O)NCCO)C2c3cc(CO)cc(OC)c3OC2C1O. The summed E-state index contributed by atoms with van der Waals surface area (Å²) in [5.74, 6) is -0.375. The minimum absolute atomic E-state index is 0.0631. The molecule has 0 spiro atoms. The summed E-state index contributed by atoms with van der Waals surface area (Å²) >= 11 is 0. The summed E-state index contributed by atoms with van der Waals surface area (Å²) in [6, 6.07) is 2.58. The Balaban J connectivity index is 1.80. The van der Waals surface area contributed by atoms with E-state index in [0.29, 0.717) is 28.2 Å². The van der Waals surface area contributed by atoms with Gasteiger partial charge in [-0.05, 0) is 36.6 Å². The van der Waals surface area contributed by atoms with E-state index >= 15 is 0 Å². The standard InChI is InChI=1S/C27H38N2O8/c1-35-11-8-22(32)29(17-6-4-3-5-7-17)20-14-19(27(34)28-9-10-30)23-18-12-16(15-31)13-21(36-2)25(18)37-26(23)24(20)33/h12-14,17,20,23-24,26,30-31,33H,3-11,15H2,1-2H3,(H,28,34). The molecule has 4 N–H and O–H groups in total. The summed E-state index contributed by atoms with van der Waals surface area (Å²) in [6.45, 7) is -0.134. The third kappa shape index (κ3) is 5.47. The van der Waals surface area contributed by atoms with Crippen molar-refractivity contribution in [2.75, 3.05) is 34.0 Å². The number of ether oxygens (including phenoxy) is 3. The van der Waals surface area contributed by atoms with Gasteiger partial charge in [0.05, 0.1) is 45.3 Å². The number of nitrogens with one attached hydrogen (secondary N) is 1. The second kappa shape index (κ2) is 12.3. The number of carbonyl (C=O) groups is 2. The molecule has 0 bridgehead atoms. The molecule has 1 aromatic carbocycles. The molecule has 1 aliphatic heterocycles. The van der Waals surface area contributed by atoms with Crippen LogP contribution in [0.1, 0.15) is 55.6 Å². The van der Waals surface area contributed by atoms with Crippen molar-refractivity contribution >= 4 is 11.8 Å². The summed E-state index contributed by atoms with van der Waals surface area (Å²) in [6.07, 6.45) is 4.63. The van der Waals surface area contributed by atoms with Gasteiger partial charge in [-0.1, -0.05) is 19.3 Å². The normalized spacial score (nSPS) is 24.9. The zero-order chi connectivity index (χ0) is 26.5. The molecular weight excluding hydrogens is 480 g/mol. The fourth-order valence-corrected chi connectivity index (χ4v) is 5.88. The van der Waals surface area contributed by atoms with Gasteiger partial charge in [0, 0.05) is 30.8 Å². The predicted octanol–water partition coefficient (Wildman–Crippen LogP) is 1.01. The van der Waals surface area contributed by atoms with Crippen molar-refractivity contribution in [3.05, 3.63) is 34.9 Å². The van der Waals surface area contributed by atoms with Gasteiger partial charge in [-0.15, -0.1) is 0 Å². The van der Waals surface area contributed by atoms with Gasteiger partial charge in [-0.25, -0.2) is 0 Å². The number of hydrogen-bond acceptors (Lipinski definition) is 8. The van der Waals surface area contributed by atoms with Crippen LogP contribution in [0.4, 0.5) is 0 Å². The third-order valence-electron chi connectivity index (χ3n) is 7.59. The quantitative estimate of drug-likeness (QED) is 0.360. The average molecular weight is 519 g/mol. The number of carbonyl (C=O) groups excluding carboxylic acids is 2. The van der Waals surface area contributed by atoms with Crippen molar-refractivity contribution in [3.8, 4) is 11.5 Å². The largest absolute Gasteiger partial charge is 0.493 e. The van der Waals surface area contributed by atoms with Crippen LogP contribution in [0.5, 0.6) is 11.5 Å². The highest BCUT2D eigenvalue weighted by Crippen LogP contribution is 2.51. The summed E-state index contributed by atoms with van der Waals surface area (Å²) in [5, 5.41) is 33.5. The van der Waals surface area contributed by atoms with Gasteiger partial charge in [0.15, 0.2) is 11.5 Å². The lowest BCUT2D eigenvalue weighted by Gasteiger charge is -2.45. The van der Waals surface area contributed by atoms with Gasteiger partial charge in [-0.3, -0.25) is 9.59 Å². The van der Waals surface area contributed by atoms with Crippen LogP contribution in [0.25, 0.3) is 0 Å². The summed E-state index contributed by atoms with van der Waals surface area (Å²) in [7, 11) is 3.03. The Morgan fingerprint density at radius 2 is 1.92 bits per heavy atom. The molecule has 204 valence electrons. The number of hydrogen-bond donors (Lipinski definition) is 4. The van der Waals surface area contributed by atoms with E-state index in [0.717, 1.165) is 32.1 Å². The van der Waals surface area contributed by atoms with Gasteiger partial charge in [0.2, 0.25) is 11.8 Å². The third-order valence-corrected chi connectivity index (χ3v) is 7.59. The van der Waals surface area contributed by atoms with Crippen LogP contribution in [0.3, 0.4) is 0 Å². The first-order chi connectivity index (χ1) is 17.9. The molecule has 4 rings (SSSR count). The Hall–Kier alpha value is -2.66. The van der Waals surface area contributed by atoms with Crippen LogP contribution in [0.2, 0.25) is 0 Å². The molecule has 1 saturated carbocycles. The molecule has 10 heteroatoms. The number of benzene rings is 1. The molecule has 4 atom stereocenters. The lowest BCUT2D eigenvalue weighted by atomic mass is 9.76. The number of rotatable bonds is 10. The second-order valence-corrected chi connectivity index (χ2v) is 9.85. The van der Waals surface area contributed by atoms with E-state index in [-0.39, 0.29) is 44.7 Å². The Morgan fingerprint density at radius 3 is 2.57 bits per heavy atom. The molecule has 1 fully saturated rings. The van der Waals surface area contributed by atoms with Crippen LogP contribution in [-0.2, 0) is 20.9 Å². The first kappa shape index (κ1) is 27.4. The van der Waals surface area contributed by atoms with Gasteiger partial charge in [0.25, 0.3) is 0 Å². The number of fused-ring (bicyclic) bond motifs is 3. The number of methoxy groups -OCH3 is 2. The fourth-order valence-electron chi connectivity index (χ4n) is 5.88. The number of amides is 2. The topological polar surface area (TPSA) is 138 Å². The predicted molar refractivity (Wildman–Crippen MR) is 134 cm³/mol. The smallest absolute Gasteiger partial charge is 0.247 e. The maximum atomic E-state index is 13.5. The lowest BCUT2D eigenvalue weighted by Crippen LogP contribution is -2.58. The van der Waals surface area contributed by atoms with Gasteiger partial charge in [-0.2, -0.15) is 0 Å². The Morgan fingerprint density at radius 1 is 1.16 bits per heavy atom. The Labute approximate surface area is 217 Å². The van der Waals surface area contributed by atoms with Crippen LogP contribution in [0, 0.1) is 0 Å². The van der Waals surface area contributed by atoms with Crippen LogP contribution in [0.15, 0.2) is 23.8 Å². The first-order valence-electron chi connectivity index (χ1n) is 13.0. The molecule has 0 saturated heterocycles. The van der Waals surface area contributed by atoms with Crippen molar-refractivity contribution in [2.45, 2.75) is 75.3 Å². The molecular formula is C27H38N2O8. The van der Waals surface area contributed by atoms with E-state index in [1.807, 2.05) is 0 Å². The maximum absolute atomic E-state index is 13.5. The van der Waals surface area contributed by atoms with Crippen molar-refractivity contribution in [1.29, 1.82) is 0 Å². The highest BCUT2D eigenvalue weighted by molar-refractivity contribution is 5.96. The molecule has 10 nitrogen and oxygen atoms in total. The molecule has 0 radical (unpaired) electrons. The number of aliphatic hydroxyl groups excluding tert-OH is 3. The summed E-state index contributed by atoms with van der Waals surface area (Å²) in [4.78, 5) is 28.6. The van der Waals surface area contributed by atoms with Crippen molar-refractivity contribution in [3.63, 3.8) is 0 Å². The first-order valence-corrected chi connectivity index (χ1v) is 13.0. The van der Waals surface area contributed by atoms with E-state index in [1.165, 1.54) is 7.11 Å². The Kier molecular flexibility index (Phi) is 9.07. The average Bonchev–Trinajstić information content (AvgIpc) is 3.32. The van der Waals surface area contributed by atoms with Crippen LogP contribution < -0.4 is 14.8 Å². The van der Waals surface area contributed by atoms with Crippen molar-refractivity contribution in [2.24, 2.45) is 0 Å². The molecule has 1 aromatic rings. The minimum Gasteiger partial charge on any atom is -0.493 e. The lowest BCUT2D eigenvalue weighted by molar-refractivity contribution is -0.142. The van der Waals surface area contributed by atoms with Gasteiger partial charge < -0.3 is 39.7 Å². The summed E-state index contributed by atoms with van der Waals surface area (Å²) < 4.78 is 16.9. The second-order valence-electron chi connectivity index (χ2n) is 9.85. The van der Waals surface area contributed by atoms with Gasteiger partial charge in [0.1, 0.15) is 12.2 Å². The zero-order valence-corrected chi connectivity index (χ0v) is 21.5. The van der Waals surface area contributed by atoms with E-state index in [2.05, 4.69) is 5.32 Å². The molecule has 37 heavy (non-hydrogen) atoms. The molecule has 2 aliphatic carbocycles. The molecule has 1 heterocycles. The van der Waals surface area contributed by atoms with Crippen LogP contribution >= 0.6 is 0 Å². The van der Waals surface area contributed by atoms with E-state index in [4.69, 9.17) is 14.2 Å². The van der Waals surface area contributed by atoms with E-state index in [1.54, 1.807) is 30.2 Å². The Bertz CT molecular complexity index is 1010. The maximum Gasteiger partial charge on any atom is 0.247 e. The van der Waals surface area contributed by atoms with Gasteiger partial charge >= 0.3 is 0 Å². The minimum atomic E-state index is -1.11. The zero-order valence-electron chi connectivity index (χ0n) is 21.5. The molecule has 3 aliphatic rings. The summed E-state index contributed by atoms with van der Waals surface area (Å²) in [5.41, 5.74) is 1.57. The van der Waals surface area contributed by atoms with Crippen molar-refractivity contribution < 1.29 is 39.1 Å². The fraction of sp³-hybridized carbons (Fsp3) is 0.630. The van der Waals surface area contributed by atoms with E-state index in [9.17, 15) is 24.9 Å². The number of nitrogens with zero attached hydrogens (tertiary/aromatic N) is 1. The van der Waals surface area contributed by atoms with Crippen LogP contribution in [-0.4, -0.2) is 90.3 Å². The van der Waals surface area contributed by atoms with E-state index < -0.39 is 30.1 Å². The van der Waals surface area contributed by atoms with Crippen molar-refractivity contribution in [1.82, 2.24) is 10.2 Å². The highest BCUT2D eigenvalue weighted by atomic mass is 16.5. The number of aliphatic hydroxyl groups is 3. The highest BCUT2D eigenvalue weighted by Gasteiger charge is 2.52. The molecule has 0 aromatic heterocycles. The molecule has 4 unspecified atom stereocenters. The molecule has 2 amide bonds.